The topological polar surface area (TPSA) is 22.0 Å². The molecule has 0 amide bonds. The van der Waals surface area contributed by atoms with Gasteiger partial charge in [0.1, 0.15) is 0 Å². The predicted molar refractivity (Wildman–Crippen MR) is 77.7 cm³/mol. The van der Waals surface area contributed by atoms with Crippen LogP contribution in [0.4, 0.5) is 0 Å². The number of rotatable bonds is 1. The summed E-state index contributed by atoms with van der Waals surface area (Å²) in [5, 5.41) is 0. The van der Waals surface area contributed by atoms with Gasteiger partial charge in [0.2, 0.25) is 0 Å². The van der Waals surface area contributed by atoms with Gasteiger partial charge in [-0.15, -0.1) is 0 Å². The van der Waals surface area contributed by atoms with Crippen LogP contribution in [0.5, 0.6) is 0 Å². The Bertz CT molecular complexity index is 524. The number of aryl methyl sites for hydroxylation is 1. The molecule has 0 aliphatic heterocycles. The van der Waals surface area contributed by atoms with Gasteiger partial charge in [-0.3, -0.25) is 4.79 Å². The molecule has 104 valence electrons. The fourth-order valence-corrected chi connectivity index (χ4v) is 4.09. The van der Waals surface area contributed by atoms with E-state index in [9.17, 15) is 4.79 Å². The van der Waals surface area contributed by atoms with E-state index < -0.39 is 0 Å². The van der Waals surface area contributed by atoms with Gasteiger partial charge in [0.15, 0.2) is 5.78 Å². The van der Waals surface area contributed by atoms with Crippen LogP contribution in [0, 0.1) is 18.3 Å². The molecule has 2 nitrogen and oxygen atoms in total. The number of carbonyl (C=O) groups excluding carboxylic acids is 1. The van der Waals surface area contributed by atoms with Crippen molar-refractivity contribution in [2.24, 2.45) is 11.3 Å². The third-order valence-electron chi connectivity index (χ3n) is 4.95. The van der Waals surface area contributed by atoms with E-state index in [0.717, 1.165) is 17.9 Å². The van der Waals surface area contributed by atoms with Crippen LogP contribution in [0.3, 0.4) is 0 Å². The molecule has 0 spiro atoms. The molecule has 0 saturated heterocycles. The lowest BCUT2D eigenvalue weighted by atomic mass is 9.76. The highest BCUT2D eigenvalue weighted by Gasteiger charge is 2.36. The minimum absolute atomic E-state index is 0.122. The third kappa shape index (κ3) is 2.15. The SMILES string of the molecule is Cc1cc2c(n1C1CCC(C)C1)CC(C)(C)CC2=O. The second-order valence-electron chi connectivity index (χ2n) is 7.53. The maximum absolute atomic E-state index is 12.3. The Morgan fingerprint density at radius 3 is 2.63 bits per heavy atom. The number of nitrogens with zero attached hydrogens (tertiary/aromatic N) is 1. The van der Waals surface area contributed by atoms with Gasteiger partial charge in [-0.05, 0) is 50.0 Å². The van der Waals surface area contributed by atoms with E-state index in [-0.39, 0.29) is 5.41 Å². The molecular formula is C17H25NO. The van der Waals surface area contributed by atoms with E-state index in [4.69, 9.17) is 0 Å². The molecule has 1 saturated carbocycles. The maximum atomic E-state index is 12.3. The van der Waals surface area contributed by atoms with Gasteiger partial charge in [0.05, 0.1) is 0 Å². The summed E-state index contributed by atoms with van der Waals surface area (Å²) in [6, 6.07) is 2.76. The molecule has 0 radical (unpaired) electrons. The van der Waals surface area contributed by atoms with Gasteiger partial charge in [0, 0.05) is 29.4 Å². The van der Waals surface area contributed by atoms with E-state index >= 15 is 0 Å². The lowest BCUT2D eigenvalue weighted by Gasteiger charge is -2.31. The van der Waals surface area contributed by atoms with Crippen molar-refractivity contribution < 1.29 is 4.79 Å². The summed E-state index contributed by atoms with van der Waals surface area (Å²) >= 11 is 0. The summed E-state index contributed by atoms with van der Waals surface area (Å²) in [6.07, 6.45) is 5.63. The summed E-state index contributed by atoms with van der Waals surface area (Å²) in [6.45, 7) is 8.96. The molecule has 2 heteroatoms. The number of aromatic nitrogens is 1. The molecular weight excluding hydrogens is 234 g/mol. The van der Waals surface area contributed by atoms with E-state index in [2.05, 4.69) is 38.3 Å². The monoisotopic (exact) mass is 259 g/mol. The number of fused-ring (bicyclic) bond motifs is 1. The summed E-state index contributed by atoms with van der Waals surface area (Å²) in [5.74, 6) is 1.17. The highest BCUT2D eigenvalue weighted by Crippen LogP contribution is 2.41. The van der Waals surface area contributed by atoms with Crippen molar-refractivity contribution >= 4 is 5.78 Å². The van der Waals surface area contributed by atoms with Gasteiger partial charge >= 0.3 is 0 Å². The Morgan fingerprint density at radius 2 is 2.00 bits per heavy atom. The molecule has 2 unspecified atom stereocenters. The second-order valence-corrected chi connectivity index (χ2v) is 7.53. The number of Topliss-reactive ketones (excluding diaryl/α,β-unsaturated/α-hetero) is 1. The van der Waals surface area contributed by atoms with Crippen molar-refractivity contribution in [3.63, 3.8) is 0 Å². The number of hydrogen-bond acceptors (Lipinski definition) is 1. The Kier molecular flexibility index (Phi) is 2.88. The number of hydrogen-bond donors (Lipinski definition) is 0. The van der Waals surface area contributed by atoms with Gasteiger partial charge in [-0.25, -0.2) is 0 Å². The molecule has 0 N–H and O–H groups in total. The summed E-state index contributed by atoms with van der Waals surface area (Å²) < 4.78 is 2.50. The van der Waals surface area contributed by atoms with Gasteiger partial charge in [-0.1, -0.05) is 20.8 Å². The minimum Gasteiger partial charge on any atom is -0.345 e. The molecule has 3 rings (SSSR count). The molecule has 1 fully saturated rings. The van der Waals surface area contributed by atoms with Gasteiger partial charge < -0.3 is 4.57 Å². The van der Waals surface area contributed by atoms with Crippen molar-refractivity contribution in [1.82, 2.24) is 4.57 Å². The first-order valence-corrected chi connectivity index (χ1v) is 7.61. The van der Waals surface area contributed by atoms with Crippen LogP contribution in [-0.4, -0.2) is 10.4 Å². The highest BCUT2D eigenvalue weighted by molar-refractivity contribution is 5.99. The van der Waals surface area contributed by atoms with Crippen LogP contribution in [0.1, 0.15) is 74.2 Å². The Balaban J connectivity index is 2.05. The van der Waals surface area contributed by atoms with Crippen LogP contribution in [0.25, 0.3) is 0 Å². The first-order chi connectivity index (χ1) is 8.87. The number of carbonyl (C=O) groups is 1. The van der Waals surface area contributed by atoms with Gasteiger partial charge in [0.25, 0.3) is 0 Å². The Labute approximate surface area is 116 Å². The highest BCUT2D eigenvalue weighted by atomic mass is 16.1. The van der Waals surface area contributed by atoms with Crippen LogP contribution in [0.2, 0.25) is 0 Å². The van der Waals surface area contributed by atoms with Crippen molar-refractivity contribution in [3.8, 4) is 0 Å². The zero-order chi connectivity index (χ0) is 13.8. The minimum atomic E-state index is 0.122. The second kappa shape index (κ2) is 4.22. The molecule has 2 atom stereocenters. The average Bonchev–Trinajstić information content (AvgIpc) is 2.81. The predicted octanol–water partition coefficient (Wildman–Crippen LogP) is 4.31. The van der Waals surface area contributed by atoms with Crippen LogP contribution < -0.4 is 0 Å². The molecule has 19 heavy (non-hydrogen) atoms. The summed E-state index contributed by atoms with van der Waals surface area (Å²) in [4.78, 5) is 12.3. The lowest BCUT2D eigenvalue weighted by Crippen LogP contribution is -2.28. The number of ketones is 1. The summed E-state index contributed by atoms with van der Waals surface area (Å²) in [5.41, 5.74) is 3.74. The molecule has 2 aliphatic rings. The average molecular weight is 259 g/mol. The molecule has 0 aromatic carbocycles. The first kappa shape index (κ1) is 13.0. The summed E-state index contributed by atoms with van der Waals surface area (Å²) in [7, 11) is 0. The van der Waals surface area contributed by atoms with Gasteiger partial charge in [-0.2, -0.15) is 0 Å². The fraction of sp³-hybridized carbons (Fsp3) is 0.706. The molecule has 0 bridgehead atoms. The largest absolute Gasteiger partial charge is 0.345 e. The zero-order valence-corrected chi connectivity index (χ0v) is 12.6. The molecule has 1 heterocycles. The maximum Gasteiger partial charge on any atom is 0.165 e. The van der Waals surface area contributed by atoms with Crippen LogP contribution in [-0.2, 0) is 6.42 Å². The van der Waals surface area contributed by atoms with Crippen molar-refractivity contribution in [2.45, 2.75) is 65.8 Å². The third-order valence-corrected chi connectivity index (χ3v) is 4.95. The van der Waals surface area contributed by atoms with Crippen molar-refractivity contribution in [3.05, 3.63) is 23.0 Å². The zero-order valence-electron chi connectivity index (χ0n) is 12.6. The van der Waals surface area contributed by atoms with Crippen molar-refractivity contribution in [1.29, 1.82) is 0 Å². The van der Waals surface area contributed by atoms with Crippen LogP contribution in [0.15, 0.2) is 6.07 Å². The lowest BCUT2D eigenvalue weighted by molar-refractivity contribution is 0.0909. The molecule has 1 aromatic heterocycles. The van der Waals surface area contributed by atoms with Crippen LogP contribution >= 0.6 is 0 Å². The molecule has 2 aliphatic carbocycles. The van der Waals surface area contributed by atoms with E-state index in [1.807, 2.05) is 0 Å². The Hall–Kier alpha value is -1.05. The first-order valence-electron chi connectivity index (χ1n) is 7.61. The normalized spacial score (nSPS) is 29.6. The van der Waals surface area contributed by atoms with E-state index in [1.165, 1.54) is 30.7 Å². The molecule has 1 aromatic rings. The van der Waals surface area contributed by atoms with E-state index in [0.29, 0.717) is 18.2 Å². The standard InChI is InChI=1S/C17H25NO/c1-11-5-6-13(7-11)18-12(2)8-14-15(18)9-17(3,4)10-16(14)19/h8,11,13H,5-7,9-10H2,1-4H3. The van der Waals surface area contributed by atoms with Crippen molar-refractivity contribution in [2.75, 3.05) is 0 Å². The Morgan fingerprint density at radius 1 is 1.26 bits per heavy atom. The fourth-order valence-electron chi connectivity index (χ4n) is 4.09. The quantitative estimate of drug-likeness (QED) is 0.736. The van der Waals surface area contributed by atoms with E-state index in [1.54, 1.807) is 0 Å². The smallest absolute Gasteiger partial charge is 0.165 e.